The van der Waals surface area contributed by atoms with E-state index < -0.39 is 0 Å². The number of hydrogen-bond donors (Lipinski definition) is 1. The summed E-state index contributed by atoms with van der Waals surface area (Å²) in [6.45, 7) is 1.50. The van der Waals surface area contributed by atoms with E-state index in [0.29, 0.717) is 23.8 Å². The first kappa shape index (κ1) is 16.3. The van der Waals surface area contributed by atoms with E-state index in [1.807, 2.05) is 35.9 Å². The number of rotatable bonds is 4. The molecule has 132 valence electrons. The quantitative estimate of drug-likeness (QED) is 0.725. The molecule has 0 radical (unpaired) electrons. The molecule has 0 amide bonds. The summed E-state index contributed by atoms with van der Waals surface area (Å²) in [5, 5.41) is 10.9. The largest absolute Gasteiger partial charge is 0.761 e. The number of hydrogen-bond acceptors (Lipinski definition) is 7. The first-order valence-corrected chi connectivity index (χ1v) is 8.36. The number of fused-ring (bicyclic) bond motifs is 1. The molecule has 0 unspecified atom stereocenters. The van der Waals surface area contributed by atoms with Gasteiger partial charge in [-0.2, -0.15) is 0 Å². The highest BCUT2D eigenvalue weighted by Gasteiger charge is 2.21. The van der Waals surface area contributed by atoms with Gasteiger partial charge in [0.15, 0.2) is 5.82 Å². The second kappa shape index (κ2) is 6.97. The third-order valence-corrected chi connectivity index (χ3v) is 4.47. The van der Waals surface area contributed by atoms with E-state index >= 15 is 0 Å². The van der Waals surface area contributed by atoms with Gasteiger partial charge in [-0.25, -0.2) is 9.97 Å². The molecule has 0 saturated heterocycles. The lowest BCUT2D eigenvalue weighted by Crippen LogP contribution is -2.31. The average molecular weight is 348 g/mol. The van der Waals surface area contributed by atoms with Crippen LogP contribution in [0, 0.1) is 5.21 Å². The van der Waals surface area contributed by atoms with Crippen LogP contribution in [0.15, 0.2) is 48.8 Å². The van der Waals surface area contributed by atoms with Crippen LogP contribution in [0.2, 0.25) is 0 Å². The molecule has 0 bridgehead atoms. The molecule has 0 spiro atoms. The Morgan fingerprint density at radius 2 is 2.12 bits per heavy atom. The molecule has 7 heteroatoms. The van der Waals surface area contributed by atoms with Crippen molar-refractivity contribution in [3.63, 3.8) is 0 Å². The van der Waals surface area contributed by atoms with Crippen LogP contribution in [0.25, 0.3) is 11.5 Å². The average Bonchev–Trinajstić information content (AvgIpc) is 2.73. The van der Waals surface area contributed by atoms with E-state index in [4.69, 9.17) is 9.72 Å². The highest BCUT2D eigenvalue weighted by Crippen LogP contribution is 2.34. The number of aromatic nitrogens is 3. The Morgan fingerprint density at radius 1 is 1.19 bits per heavy atom. The van der Waals surface area contributed by atoms with Crippen molar-refractivity contribution in [3.8, 4) is 17.3 Å². The van der Waals surface area contributed by atoms with Crippen LogP contribution < -0.4 is 15.1 Å². The maximum absolute atomic E-state index is 10.9. The molecule has 0 aliphatic carbocycles. The summed E-state index contributed by atoms with van der Waals surface area (Å²) >= 11 is 0. The van der Waals surface area contributed by atoms with Crippen LogP contribution in [-0.4, -0.2) is 28.6 Å². The van der Waals surface area contributed by atoms with Crippen molar-refractivity contribution in [1.29, 1.82) is 0 Å². The number of anilines is 2. The van der Waals surface area contributed by atoms with Gasteiger partial charge in [0, 0.05) is 49.2 Å². The first-order valence-electron chi connectivity index (χ1n) is 8.36. The highest BCUT2D eigenvalue weighted by molar-refractivity contribution is 5.66. The van der Waals surface area contributed by atoms with Gasteiger partial charge in [-0.1, -0.05) is 6.07 Å². The van der Waals surface area contributed by atoms with Gasteiger partial charge in [0.2, 0.25) is 0 Å². The lowest BCUT2D eigenvalue weighted by Gasteiger charge is -2.31. The second-order valence-electron chi connectivity index (χ2n) is 6.04. The van der Waals surface area contributed by atoms with E-state index in [9.17, 15) is 5.21 Å². The van der Waals surface area contributed by atoms with Gasteiger partial charge in [-0.15, -0.1) is 0 Å². The van der Waals surface area contributed by atoms with Crippen molar-refractivity contribution < 1.29 is 4.74 Å². The predicted molar refractivity (Wildman–Crippen MR) is 100 cm³/mol. The Balaban J connectivity index is 1.61. The fourth-order valence-corrected chi connectivity index (χ4v) is 3.14. The smallest absolute Gasteiger partial charge is 0.178 e. The Bertz CT molecular complexity index is 917. The summed E-state index contributed by atoms with van der Waals surface area (Å²) in [5.41, 5.74) is 6.24. The summed E-state index contributed by atoms with van der Waals surface area (Å²) in [6, 6.07) is 11.1. The van der Waals surface area contributed by atoms with Crippen LogP contribution in [0.1, 0.15) is 11.3 Å². The van der Waals surface area contributed by atoms with Crippen LogP contribution in [-0.2, 0) is 13.0 Å². The molecule has 3 aromatic rings. The molecule has 1 aliphatic rings. The molecular formula is C19H18N5O2-. The number of ether oxygens (including phenoxy) is 1. The third kappa shape index (κ3) is 3.04. The number of benzene rings is 1. The molecule has 7 nitrogen and oxygen atoms in total. The molecule has 1 aliphatic heterocycles. The Labute approximate surface area is 151 Å². The second-order valence-corrected chi connectivity index (χ2v) is 6.04. The minimum absolute atomic E-state index is 0.478. The molecule has 3 heterocycles. The molecule has 1 N–H and O–H groups in total. The molecule has 4 rings (SSSR count). The summed E-state index contributed by atoms with van der Waals surface area (Å²) in [4.78, 5) is 15.7. The van der Waals surface area contributed by atoms with Gasteiger partial charge in [-0.05, 0) is 24.3 Å². The minimum atomic E-state index is 0.478. The van der Waals surface area contributed by atoms with Crippen molar-refractivity contribution in [2.75, 3.05) is 24.0 Å². The van der Waals surface area contributed by atoms with Crippen molar-refractivity contribution >= 4 is 11.4 Å². The Morgan fingerprint density at radius 3 is 2.88 bits per heavy atom. The number of nitrogens with one attached hydrogen (secondary N) is 1. The van der Waals surface area contributed by atoms with Crippen molar-refractivity contribution in [2.24, 2.45) is 0 Å². The molecular weight excluding hydrogens is 330 g/mol. The predicted octanol–water partition coefficient (Wildman–Crippen LogP) is 3.02. The monoisotopic (exact) mass is 348 g/mol. The van der Waals surface area contributed by atoms with E-state index in [1.54, 1.807) is 25.4 Å². The first-order chi connectivity index (χ1) is 12.8. The molecule has 0 fully saturated rings. The third-order valence-electron chi connectivity index (χ3n) is 4.47. The van der Waals surface area contributed by atoms with E-state index in [-0.39, 0.29) is 0 Å². The fourth-order valence-electron chi connectivity index (χ4n) is 3.14. The Hall–Kier alpha value is -3.19. The number of pyridine rings is 1. The number of nitrogens with zero attached hydrogens (tertiary/aromatic N) is 4. The highest BCUT2D eigenvalue weighted by atomic mass is 16.5. The zero-order chi connectivity index (χ0) is 17.9. The standard InChI is InChI=1S/C19H18N5O2/c1-26-18-10-14(23-25)5-6-17(18)24-9-7-15-13(12-24)11-21-19(22-15)16-4-2-3-8-20-16/h2-6,8,10-11,23H,7,9,12H2,1H3/q-1. The zero-order valence-electron chi connectivity index (χ0n) is 14.3. The zero-order valence-corrected chi connectivity index (χ0v) is 14.3. The van der Waals surface area contributed by atoms with Gasteiger partial charge in [0.05, 0.1) is 18.5 Å². The normalized spacial score (nSPS) is 13.2. The van der Waals surface area contributed by atoms with Crippen LogP contribution in [0.3, 0.4) is 0 Å². The fraction of sp³-hybridized carbons (Fsp3) is 0.211. The van der Waals surface area contributed by atoms with Crippen molar-refractivity contribution in [3.05, 3.63) is 65.3 Å². The topological polar surface area (TPSA) is 86.2 Å². The SMILES string of the molecule is COc1cc(N[O-])ccc1N1CCc2nc(-c3ccccn3)ncc2C1. The molecule has 1 aromatic carbocycles. The van der Waals surface area contributed by atoms with Crippen molar-refractivity contribution in [2.45, 2.75) is 13.0 Å². The maximum atomic E-state index is 10.9. The summed E-state index contributed by atoms with van der Waals surface area (Å²) in [7, 11) is 1.60. The molecule has 26 heavy (non-hydrogen) atoms. The van der Waals surface area contributed by atoms with E-state index in [1.165, 1.54) is 0 Å². The van der Waals surface area contributed by atoms with Gasteiger partial charge in [0.25, 0.3) is 0 Å². The van der Waals surface area contributed by atoms with Crippen LogP contribution in [0.4, 0.5) is 11.4 Å². The minimum Gasteiger partial charge on any atom is -0.761 e. The van der Waals surface area contributed by atoms with Crippen LogP contribution in [0.5, 0.6) is 5.75 Å². The van der Waals surface area contributed by atoms with Gasteiger partial charge < -0.3 is 20.3 Å². The molecule has 2 aromatic heterocycles. The van der Waals surface area contributed by atoms with Gasteiger partial charge in [0.1, 0.15) is 11.4 Å². The van der Waals surface area contributed by atoms with Crippen LogP contribution >= 0.6 is 0 Å². The number of methoxy groups -OCH3 is 1. The summed E-state index contributed by atoms with van der Waals surface area (Å²) in [6.07, 6.45) is 4.42. The summed E-state index contributed by atoms with van der Waals surface area (Å²) in [5.74, 6) is 1.32. The van der Waals surface area contributed by atoms with E-state index in [2.05, 4.69) is 14.9 Å². The van der Waals surface area contributed by atoms with Crippen molar-refractivity contribution in [1.82, 2.24) is 15.0 Å². The molecule has 0 saturated carbocycles. The Kier molecular flexibility index (Phi) is 4.37. The van der Waals surface area contributed by atoms with Gasteiger partial charge >= 0.3 is 0 Å². The maximum Gasteiger partial charge on any atom is 0.178 e. The van der Waals surface area contributed by atoms with E-state index in [0.717, 1.165) is 35.6 Å². The lowest BCUT2D eigenvalue weighted by molar-refractivity contribution is 0.414. The molecule has 0 atom stereocenters. The summed E-state index contributed by atoms with van der Waals surface area (Å²) < 4.78 is 5.45. The van der Waals surface area contributed by atoms with Gasteiger partial charge in [-0.3, -0.25) is 4.98 Å². The lowest BCUT2D eigenvalue weighted by atomic mass is 10.1.